The van der Waals surface area contributed by atoms with E-state index in [-0.39, 0.29) is 0 Å². The minimum atomic E-state index is 0.303. The molecule has 0 aromatic carbocycles. The molecule has 0 N–H and O–H groups in total. The second-order valence-corrected chi connectivity index (χ2v) is 11.6. The summed E-state index contributed by atoms with van der Waals surface area (Å²) in [7, 11) is 0. The molecule has 0 saturated heterocycles. The smallest absolute Gasteiger partial charge is 0.133 e. The highest BCUT2D eigenvalue weighted by Crippen LogP contribution is 2.15. The fourth-order valence-corrected chi connectivity index (χ4v) is 5.21. The normalized spacial score (nSPS) is 11.3. The SMILES string of the molecule is CCCCCCCCCCCCCCCC(=O)CCC(=O)CCCCCCCCCCCCCCC. The van der Waals surface area contributed by atoms with Crippen LogP contribution in [-0.4, -0.2) is 11.6 Å². The van der Waals surface area contributed by atoms with E-state index in [1.165, 1.54) is 154 Å². The first kappa shape index (κ1) is 35.3. The second-order valence-electron chi connectivity index (χ2n) is 11.6. The summed E-state index contributed by atoms with van der Waals surface area (Å²) >= 11 is 0. The highest BCUT2D eigenvalue weighted by atomic mass is 16.1. The van der Waals surface area contributed by atoms with E-state index in [4.69, 9.17) is 0 Å². The van der Waals surface area contributed by atoms with Gasteiger partial charge in [-0.05, 0) is 12.8 Å². The molecule has 0 amide bonds. The topological polar surface area (TPSA) is 34.1 Å². The lowest BCUT2D eigenvalue weighted by molar-refractivity contribution is -0.124. The van der Waals surface area contributed by atoms with Gasteiger partial charge in [-0.2, -0.15) is 0 Å². The molecule has 0 aliphatic rings. The Bertz CT molecular complexity index is 414. The molecule has 0 radical (unpaired) electrons. The predicted molar refractivity (Wildman–Crippen MR) is 160 cm³/mol. The van der Waals surface area contributed by atoms with E-state index in [9.17, 15) is 9.59 Å². The van der Waals surface area contributed by atoms with E-state index in [0.717, 1.165) is 12.8 Å². The standard InChI is InChI=1S/C34H66O2/c1-3-5-7-9-11-13-15-17-19-21-23-25-27-29-33(35)31-32-34(36)30-28-26-24-22-20-18-16-14-12-10-8-6-4-2/h3-32H2,1-2H3. The van der Waals surface area contributed by atoms with E-state index >= 15 is 0 Å². The van der Waals surface area contributed by atoms with Crippen LogP contribution in [-0.2, 0) is 9.59 Å². The zero-order valence-corrected chi connectivity index (χ0v) is 25.0. The summed E-state index contributed by atoms with van der Waals surface area (Å²) in [4.78, 5) is 24.2. The fraction of sp³-hybridized carbons (Fsp3) is 0.941. The molecule has 0 atom stereocenters. The van der Waals surface area contributed by atoms with Crippen molar-refractivity contribution in [3.63, 3.8) is 0 Å². The average molecular weight is 507 g/mol. The number of unbranched alkanes of at least 4 members (excludes halogenated alkanes) is 24. The van der Waals surface area contributed by atoms with E-state index in [2.05, 4.69) is 13.8 Å². The lowest BCUT2D eigenvalue weighted by atomic mass is 10.0. The minimum Gasteiger partial charge on any atom is -0.300 e. The molecular formula is C34H66O2. The highest BCUT2D eigenvalue weighted by Gasteiger charge is 2.07. The third-order valence-electron chi connectivity index (χ3n) is 7.80. The fourth-order valence-electron chi connectivity index (χ4n) is 5.21. The van der Waals surface area contributed by atoms with Gasteiger partial charge in [0, 0.05) is 25.7 Å². The van der Waals surface area contributed by atoms with Crippen molar-refractivity contribution in [3.05, 3.63) is 0 Å². The Hall–Kier alpha value is -0.660. The average Bonchev–Trinajstić information content (AvgIpc) is 2.88. The Morgan fingerprint density at radius 1 is 0.278 bits per heavy atom. The molecule has 0 aromatic rings. The molecule has 0 fully saturated rings. The number of rotatable bonds is 31. The van der Waals surface area contributed by atoms with Crippen molar-refractivity contribution in [3.8, 4) is 0 Å². The molecule has 2 nitrogen and oxygen atoms in total. The van der Waals surface area contributed by atoms with Crippen LogP contribution in [0.4, 0.5) is 0 Å². The largest absolute Gasteiger partial charge is 0.300 e. The van der Waals surface area contributed by atoms with Gasteiger partial charge in [0.25, 0.3) is 0 Å². The molecule has 0 aromatic heterocycles. The number of carbonyl (C=O) groups is 2. The third-order valence-corrected chi connectivity index (χ3v) is 7.80. The number of Topliss-reactive ketones (excluding diaryl/α,β-unsaturated/α-hetero) is 2. The Morgan fingerprint density at radius 3 is 0.694 bits per heavy atom. The Kier molecular flexibility index (Phi) is 30.0. The molecule has 36 heavy (non-hydrogen) atoms. The number of hydrogen-bond donors (Lipinski definition) is 0. The lowest BCUT2D eigenvalue weighted by Gasteiger charge is -2.04. The Morgan fingerprint density at radius 2 is 0.472 bits per heavy atom. The van der Waals surface area contributed by atoms with Crippen LogP contribution in [0.25, 0.3) is 0 Å². The maximum atomic E-state index is 12.1. The van der Waals surface area contributed by atoms with Gasteiger partial charge in [-0.3, -0.25) is 9.59 Å². The number of hydrogen-bond acceptors (Lipinski definition) is 2. The van der Waals surface area contributed by atoms with Crippen LogP contribution < -0.4 is 0 Å². The summed E-state index contributed by atoms with van der Waals surface area (Å²) in [6.07, 6.45) is 37.0. The van der Waals surface area contributed by atoms with Gasteiger partial charge in [-0.1, -0.05) is 168 Å². The van der Waals surface area contributed by atoms with E-state index < -0.39 is 0 Å². The summed E-state index contributed by atoms with van der Waals surface area (Å²) < 4.78 is 0. The molecule has 214 valence electrons. The summed E-state index contributed by atoms with van der Waals surface area (Å²) in [6, 6.07) is 0. The van der Waals surface area contributed by atoms with Crippen molar-refractivity contribution < 1.29 is 9.59 Å². The van der Waals surface area contributed by atoms with Crippen molar-refractivity contribution in [2.75, 3.05) is 0 Å². The van der Waals surface area contributed by atoms with Crippen molar-refractivity contribution >= 4 is 11.6 Å². The summed E-state index contributed by atoms with van der Waals surface area (Å²) in [5.74, 6) is 0.605. The second kappa shape index (κ2) is 30.6. The predicted octanol–water partition coefficient (Wildman–Crippen LogP) is 11.9. The summed E-state index contributed by atoms with van der Waals surface area (Å²) in [5, 5.41) is 0. The van der Waals surface area contributed by atoms with Gasteiger partial charge in [-0.25, -0.2) is 0 Å². The summed E-state index contributed by atoms with van der Waals surface area (Å²) in [6.45, 7) is 4.55. The van der Waals surface area contributed by atoms with Crippen molar-refractivity contribution in [2.45, 2.75) is 206 Å². The first-order chi connectivity index (χ1) is 17.7. The molecule has 0 unspecified atom stereocenters. The molecule has 0 heterocycles. The molecule has 0 spiro atoms. The van der Waals surface area contributed by atoms with Gasteiger partial charge in [0.15, 0.2) is 0 Å². The van der Waals surface area contributed by atoms with Crippen LogP contribution >= 0.6 is 0 Å². The van der Waals surface area contributed by atoms with Crippen LogP contribution in [0.3, 0.4) is 0 Å². The van der Waals surface area contributed by atoms with Crippen molar-refractivity contribution in [1.29, 1.82) is 0 Å². The number of carbonyl (C=O) groups excluding carboxylic acids is 2. The minimum absolute atomic E-state index is 0.303. The van der Waals surface area contributed by atoms with E-state index in [0.29, 0.717) is 37.2 Å². The van der Waals surface area contributed by atoms with Gasteiger partial charge in [0.05, 0.1) is 0 Å². The molecule has 0 bridgehead atoms. The third kappa shape index (κ3) is 29.6. The lowest BCUT2D eigenvalue weighted by Crippen LogP contribution is -2.04. The zero-order chi connectivity index (χ0) is 26.4. The molecule has 0 rings (SSSR count). The zero-order valence-electron chi connectivity index (χ0n) is 25.0. The van der Waals surface area contributed by atoms with Crippen LogP contribution in [0.15, 0.2) is 0 Å². The molecule has 2 heteroatoms. The first-order valence-electron chi connectivity index (χ1n) is 16.7. The van der Waals surface area contributed by atoms with Crippen molar-refractivity contribution in [2.24, 2.45) is 0 Å². The highest BCUT2D eigenvalue weighted by molar-refractivity contribution is 5.85. The van der Waals surface area contributed by atoms with E-state index in [1.807, 2.05) is 0 Å². The van der Waals surface area contributed by atoms with Crippen LogP contribution in [0, 0.1) is 0 Å². The van der Waals surface area contributed by atoms with Gasteiger partial charge in [-0.15, -0.1) is 0 Å². The maximum absolute atomic E-state index is 12.1. The molecular weight excluding hydrogens is 440 g/mol. The Labute approximate surface area is 227 Å². The van der Waals surface area contributed by atoms with Crippen molar-refractivity contribution in [1.82, 2.24) is 0 Å². The van der Waals surface area contributed by atoms with Gasteiger partial charge < -0.3 is 0 Å². The van der Waals surface area contributed by atoms with Gasteiger partial charge in [0.1, 0.15) is 11.6 Å². The quantitative estimate of drug-likeness (QED) is 0.0876. The number of ketones is 2. The molecule has 0 aliphatic carbocycles. The first-order valence-corrected chi connectivity index (χ1v) is 16.7. The Balaban J connectivity index is 3.28. The summed E-state index contributed by atoms with van der Waals surface area (Å²) in [5.41, 5.74) is 0. The monoisotopic (exact) mass is 507 g/mol. The van der Waals surface area contributed by atoms with Crippen LogP contribution in [0.1, 0.15) is 206 Å². The van der Waals surface area contributed by atoms with Gasteiger partial charge in [0.2, 0.25) is 0 Å². The molecule has 0 aliphatic heterocycles. The maximum Gasteiger partial charge on any atom is 0.133 e. The van der Waals surface area contributed by atoms with Gasteiger partial charge >= 0.3 is 0 Å². The van der Waals surface area contributed by atoms with E-state index in [1.54, 1.807) is 0 Å². The van der Waals surface area contributed by atoms with Crippen LogP contribution in [0.2, 0.25) is 0 Å². The van der Waals surface area contributed by atoms with Crippen LogP contribution in [0.5, 0.6) is 0 Å². The molecule has 0 saturated carbocycles.